The smallest absolute Gasteiger partial charge is 0.0653 e. The molecule has 2 nitrogen and oxygen atoms in total. The predicted octanol–water partition coefficient (Wildman–Crippen LogP) is 2.41. The molecule has 1 unspecified atom stereocenters. The van der Waals surface area contributed by atoms with Gasteiger partial charge in [-0.3, -0.25) is 0 Å². The molecule has 1 saturated carbocycles. The first-order chi connectivity index (χ1) is 7.15. The van der Waals surface area contributed by atoms with Gasteiger partial charge in [-0.1, -0.05) is 34.1 Å². The molecule has 82 valence electrons. The number of aliphatic hydroxyl groups excluding tert-OH is 1. The fraction of sp³-hybridized carbons (Fsp3) is 0.500. The second-order valence-corrected chi connectivity index (χ2v) is 5.24. The summed E-state index contributed by atoms with van der Waals surface area (Å²) in [5.41, 5.74) is 0.792. The lowest BCUT2D eigenvalue weighted by atomic mass is 9.93. The Morgan fingerprint density at radius 1 is 1.47 bits per heavy atom. The molecule has 0 amide bonds. The first-order valence-corrected chi connectivity index (χ1v) is 6.08. The van der Waals surface area contributed by atoms with E-state index in [9.17, 15) is 5.11 Å². The van der Waals surface area contributed by atoms with Crippen LogP contribution in [-0.4, -0.2) is 17.8 Å². The monoisotopic (exact) mass is 269 g/mol. The summed E-state index contributed by atoms with van der Waals surface area (Å²) in [5, 5.41) is 13.1. The molecule has 1 atom stereocenters. The van der Waals surface area contributed by atoms with Crippen molar-refractivity contribution in [3.8, 4) is 0 Å². The molecule has 1 aromatic rings. The maximum Gasteiger partial charge on any atom is 0.0653 e. The summed E-state index contributed by atoms with van der Waals surface area (Å²) < 4.78 is 1.05. The van der Waals surface area contributed by atoms with E-state index in [0.717, 1.165) is 10.0 Å². The van der Waals surface area contributed by atoms with Crippen LogP contribution in [0.4, 0.5) is 0 Å². The van der Waals surface area contributed by atoms with Crippen LogP contribution < -0.4 is 5.32 Å². The summed E-state index contributed by atoms with van der Waals surface area (Å²) in [6, 6.07) is 8.63. The van der Waals surface area contributed by atoms with E-state index in [1.165, 1.54) is 12.8 Å². The Morgan fingerprint density at radius 3 is 2.67 bits per heavy atom. The second kappa shape index (κ2) is 4.24. The number of rotatable bonds is 4. The van der Waals surface area contributed by atoms with Crippen LogP contribution in [0.2, 0.25) is 0 Å². The number of hydrogen-bond acceptors (Lipinski definition) is 2. The average Bonchev–Trinajstić information content (AvgIpc) is 3.02. The lowest BCUT2D eigenvalue weighted by Crippen LogP contribution is -2.44. The van der Waals surface area contributed by atoms with Crippen LogP contribution in [0, 0.1) is 0 Å². The zero-order valence-electron chi connectivity index (χ0n) is 8.83. The lowest BCUT2D eigenvalue weighted by molar-refractivity contribution is 0.172. The van der Waals surface area contributed by atoms with E-state index in [1.807, 2.05) is 25.1 Å². The van der Waals surface area contributed by atoms with Crippen LogP contribution in [-0.2, 0) is 5.54 Å². The van der Waals surface area contributed by atoms with Gasteiger partial charge in [0.2, 0.25) is 0 Å². The van der Waals surface area contributed by atoms with E-state index in [4.69, 9.17) is 0 Å². The molecule has 1 aliphatic rings. The summed E-state index contributed by atoms with van der Waals surface area (Å²) in [6.45, 7) is 2.16. The van der Waals surface area contributed by atoms with Crippen LogP contribution in [0.5, 0.6) is 0 Å². The number of nitrogens with one attached hydrogen (secondary N) is 1. The van der Waals surface area contributed by atoms with Crippen molar-refractivity contribution < 1.29 is 5.11 Å². The van der Waals surface area contributed by atoms with E-state index in [1.54, 1.807) is 0 Å². The molecule has 2 rings (SSSR count). The van der Waals surface area contributed by atoms with E-state index in [-0.39, 0.29) is 12.1 Å². The number of hydrogen-bond donors (Lipinski definition) is 2. The van der Waals surface area contributed by atoms with Crippen molar-refractivity contribution in [3.05, 3.63) is 34.3 Å². The van der Waals surface area contributed by atoms with E-state index in [2.05, 4.69) is 27.3 Å². The van der Waals surface area contributed by atoms with Crippen molar-refractivity contribution in [1.82, 2.24) is 5.32 Å². The van der Waals surface area contributed by atoms with Gasteiger partial charge in [-0.15, -0.1) is 0 Å². The highest BCUT2D eigenvalue weighted by atomic mass is 79.9. The van der Waals surface area contributed by atoms with Crippen molar-refractivity contribution >= 4 is 15.9 Å². The van der Waals surface area contributed by atoms with Gasteiger partial charge in [-0.2, -0.15) is 0 Å². The zero-order chi connectivity index (χ0) is 10.9. The molecule has 1 fully saturated rings. The Morgan fingerprint density at radius 2 is 2.13 bits per heavy atom. The lowest BCUT2D eigenvalue weighted by Gasteiger charge is -2.30. The van der Waals surface area contributed by atoms with E-state index < -0.39 is 0 Å². The van der Waals surface area contributed by atoms with Gasteiger partial charge in [0.25, 0.3) is 0 Å². The summed E-state index contributed by atoms with van der Waals surface area (Å²) in [6.07, 6.45) is 2.44. The Kier molecular flexibility index (Phi) is 3.14. The third-order valence-electron chi connectivity index (χ3n) is 2.88. The van der Waals surface area contributed by atoms with Crippen molar-refractivity contribution in [2.24, 2.45) is 0 Å². The fourth-order valence-electron chi connectivity index (χ4n) is 1.80. The molecule has 0 aromatic heterocycles. The number of aliphatic hydroxyl groups is 1. The fourth-order valence-corrected chi connectivity index (χ4v) is 2.52. The van der Waals surface area contributed by atoms with Gasteiger partial charge in [-0.05, 0) is 31.4 Å². The molecule has 0 heterocycles. The third-order valence-corrected chi connectivity index (χ3v) is 3.58. The quantitative estimate of drug-likeness (QED) is 0.880. The summed E-state index contributed by atoms with van der Waals surface area (Å²) in [5.74, 6) is 0. The van der Waals surface area contributed by atoms with Crippen LogP contribution in [0.3, 0.4) is 0 Å². The average molecular weight is 270 g/mol. The Labute approximate surface area is 98.8 Å². The molecule has 0 aliphatic heterocycles. The van der Waals surface area contributed by atoms with E-state index >= 15 is 0 Å². The van der Waals surface area contributed by atoms with Gasteiger partial charge in [0.05, 0.1) is 12.1 Å². The highest BCUT2D eigenvalue weighted by molar-refractivity contribution is 9.10. The van der Waals surface area contributed by atoms with Crippen LogP contribution in [0.15, 0.2) is 28.7 Å². The molecular formula is C12H16BrNO. The third kappa shape index (κ3) is 2.41. The number of halogens is 1. The second-order valence-electron chi connectivity index (χ2n) is 4.39. The topological polar surface area (TPSA) is 32.3 Å². The highest BCUT2D eigenvalue weighted by Crippen LogP contribution is 2.32. The SMILES string of the molecule is CC(CO)(NC1CC1)c1ccccc1Br. The minimum absolute atomic E-state index is 0.117. The maximum absolute atomic E-state index is 9.56. The standard InChI is InChI=1S/C12H16BrNO/c1-12(8-15,14-9-6-7-9)10-4-2-3-5-11(10)13/h2-5,9,14-15H,6-8H2,1H3. The predicted molar refractivity (Wildman–Crippen MR) is 64.7 cm³/mol. The summed E-state index contributed by atoms with van der Waals surface area (Å²) in [4.78, 5) is 0. The zero-order valence-corrected chi connectivity index (χ0v) is 10.4. The van der Waals surface area contributed by atoms with Crippen LogP contribution in [0.25, 0.3) is 0 Å². The highest BCUT2D eigenvalue weighted by Gasteiger charge is 2.34. The molecule has 0 saturated heterocycles. The molecule has 3 heteroatoms. The van der Waals surface area contributed by atoms with Gasteiger partial charge in [0.15, 0.2) is 0 Å². The molecule has 2 N–H and O–H groups in total. The summed E-state index contributed by atoms with van der Waals surface area (Å²) >= 11 is 3.53. The van der Waals surface area contributed by atoms with Gasteiger partial charge >= 0.3 is 0 Å². The Hall–Kier alpha value is -0.380. The Balaban J connectivity index is 2.27. The number of benzene rings is 1. The molecule has 1 aliphatic carbocycles. The molecule has 15 heavy (non-hydrogen) atoms. The first kappa shape index (κ1) is 11.1. The van der Waals surface area contributed by atoms with Crippen LogP contribution in [0.1, 0.15) is 25.3 Å². The van der Waals surface area contributed by atoms with Crippen molar-refractivity contribution in [1.29, 1.82) is 0 Å². The molecule has 0 radical (unpaired) electrons. The summed E-state index contributed by atoms with van der Waals surface area (Å²) in [7, 11) is 0. The minimum Gasteiger partial charge on any atom is -0.394 e. The molecular weight excluding hydrogens is 254 g/mol. The largest absolute Gasteiger partial charge is 0.394 e. The van der Waals surface area contributed by atoms with Gasteiger partial charge in [-0.25, -0.2) is 0 Å². The van der Waals surface area contributed by atoms with Crippen molar-refractivity contribution in [3.63, 3.8) is 0 Å². The van der Waals surface area contributed by atoms with E-state index in [0.29, 0.717) is 6.04 Å². The maximum atomic E-state index is 9.56. The first-order valence-electron chi connectivity index (χ1n) is 5.29. The van der Waals surface area contributed by atoms with Gasteiger partial charge in [0.1, 0.15) is 0 Å². The normalized spacial score (nSPS) is 19.9. The van der Waals surface area contributed by atoms with Crippen molar-refractivity contribution in [2.75, 3.05) is 6.61 Å². The molecule has 0 bridgehead atoms. The van der Waals surface area contributed by atoms with Gasteiger partial charge in [0, 0.05) is 10.5 Å². The van der Waals surface area contributed by atoms with Gasteiger partial charge < -0.3 is 10.4 Å². The van der Waals surface area contributed by atoms with Crippen LogP contribution >= 0.6 is 15.9 Å². The van der Waals surface area contributed by atoms with Crippen molar-refractivity contribution in [2.45, 2.75) is 31.3 Å². The minimum atomic E-state index is -0.332. The molecule has 1 aromatic carbocycles. The Bertz CT molecular complexity index is 351. The molecule has 0 spiro atoms.